The fraction of sp³-hybridized carbons (Fsp3) is 0.556. The Morgan fingerprint density at radius 1 is 1.02 bits per heavy atom. The highest BCUT2D eigenvalue weighted by Crippen LogP contribution is 2.36. The second-order valence-corrected chi connectivity index (χ2v) is 15.5. The number of nitrogens with zero attached hydrogens (tertiary/aromatic N) is 3. The summed E-state index contributed by atoms with van der Waals surface area (Å²) in [5.74, 6) is -3.50. The number of carboxylic acid groups (broad SMARTS) is 1. The molecule has 3 aromatic rings. The number of anilines is 2. The molecule has 0 bridgehead atoms. The summed E-state index contributed by atoms with van der Waals surface area (Å²) in [6.45, 7) is 3.84. The van der Waals surface area contributed by atoms with E-state index in [4.69, 9.17) is 11.6 Å². The fourth-order valence-electron chi connectivity index (χ4n) is 6.35. The van der Waals surface area contributed by atoms with E-state index in [-0.39, 0.29) is 29.3 Å². The molecule has 1 saturated heterocycles. The van der Waals surface area contributed by atoms with Crippen LogP contribution in [0.4, 0.5) is 20.3 Å². The van der Waals surface area contributed by atoms with Crippen molar-refractivity contribution in [1.82, 2.24) is 9.78 Å². The molecule has 0 radical (unpaired) electrons. The first-order valence-electron chi connectivity index (χ1n) is 17.1. The number of benzene rings is 2. The van der Waals surface area contributed by atoms with Crippen LogP contribution in [0.5, 0.6) is 0 Å². The van der Waals surface area contributed by atoms with E-state index in [0.717, 1.165) is 31.2 Å². The van der Waals surface area contributed by atoms with Crippen molar-refractivity contribution in [2.75, 3.05) is 23.3 Å². The van der Waals surface area contributed by atoms with Crippen LogP contribution in [-0.4, -0.2) is 59.6 Å². The lowest BCUT2D eigenvalue weighted by molar-refractivity contribution is -0.138. The Morgan fingerprint density at radius 3 is 2.33 bits per heavy atom. The van der Waals surface area contributed by atoms with Gasteiger partial charge in [-0.15, -0.1) is 0 Å². The smallest absolute Gasteiger partial charge is 0.326 e. The van der Waals surface area contributed by atoms with Gasteiger partial charge in [0.05, 0.1) is 27.4 Å². The lowest BCUT2D eigenvalue weighted by Gasteiger charge is -2.24. The number of sulfone groups is 1. The van der Waals surface area contributed by atoms with Crippen LogP contribution in [0.25, 0.3) is 0 Å². The van der Waals surface area contributed by atoms with Gasteiger partial charge in [-0.25, -0.2) is 26.7 Å². The second kappa shape index (κ2) is 17.5. The number of aromatic nitrogens is 2. The first kappa shape index (κ1) is 37.6. The largest absolute Gasteiger partial charge is 0.480 e. The second-order valence-electron chi connectivity index (χ2n) is 12.9. The number of hydrogen-bond donors (Lipinski definition) is 2. The van der Waals surface area contributed by atoms with Crippen LogP contribution in [-0.2, 0) is 27.6 Å². The van der Waals surface area contributed by atoms with Gasteiger partial charge in [-0.1, -0.05) is 100 Å². The molecular formula is C36H49ClF2N4O4S. The average Bonchev–Trinajstić information content (AvgIpc) is 3.67. The van der Waals surface area contributed by atoms with Crippen molar-refractivity contribution in [3.05, 3.63) is 70.9 Å². The lowest BCUT2D eigenvalue weighted by Crippen LogP contribution is -2.37. The van der Waals surface area contributed by atoms with Gasteiger partial charge in [-0.2, -0.15) is 5.10 Å². The van der Waals surface area contributed by atoms with Gasteiger partial charge < -0.3 is 15.3 Å². The number of rotatable bonds is 20. The quantitative estimate of drug-likeness (QED) is 0.114. The van der Waals surface area contributed by atoms with Crippen molar-refractivity contribution in [3.63, 3.8) is 0 Å². The van der Waals surface area contributed by atoms with E-state index >= 15 is 0 Å². The van der Waals surface area contributed by atoms with Gasteiger partial charge in [0, 0.05) is 31.3 Å². The summed E-state index contributed by atoms with van der Waals surface area (Å²) < 4.78 is 58.6. The molecule has 0 spiro atoms. The minimum atomic E-state index is -4.07. The third-order valence-corrected chi connectivity index (χ3v) is 11.7. The van der Waals surface area contributed by atoms with Gasteiger partial charge in [-0.3, -0.25) is 0 Å². The zero-order chi connectivity index (χ0) is 34.7. The molecule has 1 fully saturated rings. The summed E-state index contributed by atoms with van der Waals surface area (Å²) in [7, 11) is -4.07. The maximum atomic E-state index is 14.6. The van der Waals surface area contributed by atoms with Crippen molar-refractivity contribution >= 4 is 38.9 Å². The minimum absolute atomic E-state index is 0.0584. The molecule has 2 aromatic carbocycles. The average molecular weight is 707 g/mol. The van der Waals surface area contributed by atoms with Crippen molar-refractivity contribution in [2.24, 2.45) is 0 Å². The van der Waals surface area contributed by atoms with Gasteiger partial charge >= 0.3 is 5.97 Å². The molecular weight excluding hydrogens is 658 g/mol. The topological polar surface area (TPSA) is 105 Å². The van der Waals surface area contributed by atoms with Gasteiger partial charge in [0.1, 0.15) is 11.9 Å². The molecule has 0 amide bonds. The molecule has 1 aliphatic heterocycles. The molecule has 2 atom stereocenters. The van der Waals surface area contributed by atoms with E-state index < -0.39 is 39.6 Å². The SMILES string of the molecule is CCCCCCCCCCCC(F)(F)CNc1ccc(S(=O)(=O)[C@@H]2C[C@@H](C(=O)O)N(c3cc(C)nn3CCc3ccccc3)C2)c(Cl)c1. The number of unbranched alkanes of at least 4 members (excludes halogenated alkanes) is 8. The first-order chi connectivity index (χ1) is 22.9. The predicted molar refractivity (Wildman–Crippen MR) is 188 cm³/mol. The lowest BCUT2D eigenvalue weighted by atomic mass is 10.0. The highest BCUT2D eigenvalue weighted by Gasteiger charge is 2.45. The Morgan fingerprint density at radius 2 is 1.69 bits per heavy atom. The van der Waals surface area contributed by atoms with Gasteiger partial charge in [-0.05, 0) is 49.9 Å². The van der Waals surface area contributed by atoms with Crippen LogP contribution in [0.3, 0.4) is 0 Å². The Kier molecular flexibility index (Phi) is 13.7. The summed E-state index contributed by atoms with van der Waals surface area (Å²) in [6.07, 6.45) is 9.64. The Hall–Kier alpha value is -3.18. The van der Waals surface area contributed by atoms with Crippen LogP contribution in [0, 0.1) is 6.92 Å². The number of hydrogen-bond acceptors (Lipinski definition) is 6. The monoisotopic (exact) mass is 706 g/mol. The van der Waals surface area contributed by atoms with Crippen LogP contribution in [0.1, 0.15) is 88.8 Å². The van der Waals surface area contributed by atoms with E-state index in [9.17, 15) is 27.1 Å². The molecule has 2 heterocycles. The first-order valence-corrected chi connectivity index (χ1v) is 19.1. The van der Waals surface area contributed by atoms with Crippen LogP contribution < -0.4 is 10.2 Å². The highest BCUT2D eigenvalue weighted by molar-refractivity contribution is 7.92. The minimum Gasteiger partial charge on any atom is -0.480 e. The number of carbonyl (C=O) groups is 1. The zero-order valence-electron chi connectivity index (χ0n) is 28.0. The molecule has 0 unspecified atom stereocenters. The summed E-state index contributed by atoms with van der Waals surface area (Å²) in [5, 5.41) is 16.2. The summed E-state index contributed by atoms with van der Waals surface area (Å²) in [4.78, 5) is 13.8. The van der Waals surface area contributed by atoms with E-state index in [1.165, 1.54) is 43.9 Å². The molecule has 1 aromatic heterocycles. The van der Waals surface area contributed by atoms with E-state index in [0.29, 0.717) is 36.6 Å². The third kappa shape index (κ3) is 10.4. The van der Waals surface area contributed by atoms with E-state index in [1.807, 2.05) is 37.3 Å². The summed E-state index contributed by atoms with van der Waals surface area (Å²) in [5.41, 5.74) is 2.08. The molecule has 0 saturated carbocycles. The molecule has 264 valence electrons. The standard InChI is InChI=1S/C36H49ClF2N4O4S/c1-3-4-5-6-7-8-9-10-14-20-36(38,39)26-40-29-17-18-33(31(37)23-29)48(46,47)30-24-32(35(44)45)42(25-30)34-22-27(2)41-43(34)21-19-28-15-12-11-13-16-28/h11-13,15-18,22-23,30,32,40H,3-10,14,19-21,24-26H2,1-2H3,(H,44,45)/t30-,32+/m1/s1. The van der Waals surface area contributed by atoms with E-state index in [2.05, 4.69) is 17.3 Å². The Balaban J connectivity index is 1.35. The van der Waals surface area contributed by atoms with Crippen LogP contribution in [0.2, 0.25) is 5.02 Å². The number of carboxylic acids is 1. The number of nitrogens with one attached hydrogen (secondary N) is 1. The van der Waals surface area contributed by atoms with Crippen molar-refractivity contribution < 1.29 is 27.1 Å². The van der Waals surface area contributed by atoms with Crippen LogP contribution in [0.15, 0.2) is 59.5 Å². The molecule has 1 aliphatic rings. The number of aliphatic carboxylic acids is 1. The predicted octanol–water partition coefficient (Wildman–Crippen LogP) is 8.56. The van der Waals surface area contributed by atoms with E-state index in [1.54, 1.807) is 15.6 Å². The number of alkyl halides is 2. The summed E-state index contributed by atoms with van der Waals surface area (Å²) in [6, 6.07) is 14.6. The molecule has 4 rings (SSSR count). The highest BCUT2D eigenvalue weighted by atomic mass is 35.5. The zero-order valence-corrected chi connectivity index (χ0v) is 29.6. The van der Waals surface area contributed by atoms with Crippen molar-refractivity contribution in [2.45, 2.75) is 120 Å². The molecule has 2 N–H and O–H groups in total. The van der Waals surface area contributed by atoms with Gasteiger partial charge in [0.25, 0.3) is 5.92 Å². The normalized spacial score (nSPS) is 16.8. The third-order valence-electron chi connectivity index (χ3n) is 9.05. The summed E-state index contributed by atoms with van der Waals surface area (Å²) >= 11 is 6.44. The van der Waals surface area contributed by atoms with Crippen molar-refractivity contribution in [3.8, 4) is 0 Å². The fourth-order valence-corrected chi connectivity index (χ4v) is 8.60. The number of halogens is 3. The molecule has 0 aliphatic carbocycles. The molecule has 12 heteroatoms. The Bertz CT molecular complexity index is 1590. The maximum Gasteiger partial charge on any atom is 0.326 e. The number of aryl methyl sites for hydroxylation is 3. The maximum absolute atomic E-state index is 14.6. The van der Waals surface area contributed by atoms with Gasteiger partial charge in [0.15, 0.2) is 9.84 Å². The molecule has 48 heavy (non-hydrogen) atoms. The Labute approximate surface area is 288 Å². The van der Waals surface area contributed by atoms with Crippen molar-refractivity contribution in [1.29, 1.82) is 0 Å². The van der Waals surface area contributed by atoms with Crippen LogP contribution >= 0.6 is 11.6 Å². The van der Waals surface area contributed by atoms with Gasteiger partial charge in [0.2, 0.25) is 0 Å². The molecule has 8 nitrogen and oxygen atoms in total.